The van der Waals surface area contributed by atoms with Gasteiger partial charge in [-0.2, -0.15) is 10.1 Å². The van der Waals surface area contributed by atoms with Crippen LogP contribution in [0.1, 0.15) is 29.6 Å². The largest absolute Gasteiger partial charge is 0.348 e. The molecule has 0 amide bonds. The van der Waals surface area contributed by atoms with Crippen molar-refractivity contribution < 1.29 is 0 Å². The van der Waals surface area contributed by atoms with Crippen LogP contribution in [0.2, 0.25) is 0 Å². The molecule has 0 saturated heterocycles. The fourth-order valence-electron chi connectivity index (χ4n) is 3.00. The Morgan fingerprint density at radius 1 is 1.04 bits per heavy atom. The SMILES string of the molecule is Brc1ccc([C@H]2C[C@@H](c3ccc(I)cc3)Nc3ncnn32)cc1. The number of hydrogen-bond donors (Lipinski definition) is 1. The first-order valence-electron chi connectivity index (χ1n) is 7.38. The van der Waals surface area contributed by atoms with Crippen LogP contribution in [-0.4, -0.2) is 14.8 Å². The summed E-state index contributed by atoms with van der Waals surface area (Å²) in [5.41, 5.74) is 2.53. The van der Waals surface area contributed by atoms with Crippen molar-refractivity contribution in [1.29, 1.82) is 0 Å². The minimum absolute atomic E-state index is 0.186. The molecular weight excluding hydrogens is 467 g/mol. The van der Waals surface area contributed by atoms with Gasteiger partial charge in [-0.25, -0.2) is 4.68 Å². The Labute approximate surface area is 156 Å². The molecule has 4 nitrogen and oxygen atoms in total. The summed E-state index contributed by atoms with van der Waals surface area (Å²) < 4.78 is 4.31. The van der Waals surface area contributed by atoms with Gasteiger partial charge in [0.25, 0.3) is 0 Å². The maximum absolute atomic E-state index is 4.41. The second-order valence-corrected chi connectivity index (χ2v) is 7.74. The molecule has 3 aromatic rings. The van der Waals surface area contributed by atoms with E-state index in [1.807, 2.05) is 4.68 Å². The molecule has 1 N–H and O–H groups in total. The van der Waals surface area contributed by atoms with E-state index in [9.17, 15) is 0 Å². The minimum Gasteiger partial charge on any atom is -0.348 e. The highest BCUT2D eigenvalue weighted by atomic mass is 127. The number of aromatic nitrogens is 3. The molecule has 0 aliphatic carbocycles. The lowest BCUT2D eigenvalue weighted by Gasteiger charge is -2.31. The zero-order valence-electron chi connectivity index (χ0n) is 12.2. The van der Waals surface area contributed by atoms with Crippen molar-refractivity contribution in [3.05, 3.63) is 74.0 Å². The number of benzene rings is 2. The van der Waals surface area contributed by atoms with Crippen LogP contribution in [0.15, 0.2) is 59.3 Å². The molecule has 1 aliphatic heterocycles. The second kappa shape index (κ2) is 6.24. The van der Waals surface area contributed by atoms with Gasteiger partial charge in [0, 0.05) is 8.04 Å². The van der Waals surface area contributed by atoms with Gasteiger partial charge in [-0.05, 0) is 64.4 Å². The third kappa shape index (κ3) is 3.01. The quantitative estimate of drug-likeness (QED) is 0.536. The molecule has 1 aliphatic rings. The third-order valence-electron chi connectivity index (χ3n) is 4.16. The van der Waals surface area contributed by atoms with Crippen molar-refractivity contribution in [3.8, 4) is 0 Å². The Morgan fingerprint density at radius 2 is 1.74 bits per heavy atom. The number of rotatable bonds is 2. The predicted octanol–water partition coefficient (Wildman–Crippen LogP) is 4.79. The Bertz CT molecular complexity index is 813. The lowest BCUT2D eigenvalue weighted by Crippen LogP contribution is -2.28. The molecule has 0 bridgehead atoms. The molecule has 116 valence electrons. The van der Waals surface area contributed by atoms with E-state index >= 15 is 0 Å². The first-order chi connectivity index (χ1) is 11.2. The van der Waals surface area contributed by atoms with E-state index in [0.717, 1.165) is 16.8 Å². The molecule has 6 heteroatoms. The summed E-state index contributed by atoms with van der Waals surface area (Å²) in [6, 6.07) is 17.5. The Kier molecular flexibility index (Phi) is 4.11. The Balaban J connectivity index is 1.71. The summed E-state index contributed by atoms with van der Waals surface area (Å²) in [5, 5.41) is 7.91. The number of anilines is 1. The standard InChI is InChI=1S/C17H14BrIN4/c18-13-5-1-12(2-6-13)16-9-15(11-3-7-14(19)8-4-11)22-17-20-10-21-23(16)17/h1-8,10,15-16H,9H2,(H,20,21,22)/t15-,16+/m0/s1. The van der Waals surface area contributed by atoms with Crippen molar-refractivity contribution in [2.45, 2.75) is 18.5 Å². The first-order valence-corrected chi connectivity index (χ1v) is 9.25. The molecule has 0 saturated carbocycles. The van der Waals surface area contributed by atoms with E-state index in [2.05, 4.69) is 102 Å². The summed E-state index contributed by atoms with van der Waals surface area (Å²) in [6.45, 7) is 0. The van der Waals surface area contributed by atoms with E-state index in [1.165, 1.54) is 14.7 Å². The summed E-state index contributed by atoms with van der Waals surface area (Å²) >= 11 is 5.83. The molecule has 0 unspecified atom stereocenters. The highest BCUT2D eigenvalue weighted by molar-refractivity contribution is 14.1. The molecule has 2 atom stereocenters. The van der Waals surface area contributed by atoms with Gasteiger partial charge in [0.05, 0.1) is 12.1 Å². The van der Waals surface area contributed by atoms with Gasteiger partial charge in [-0.1, -0.05) is 40.2 Å². The molecule has 2 aromatic carbocycles. The summed E-state index contributed by atoms with van der Waals surface area (Å²) in [6.07, 6.45) is 2.56. The third-order valence-corrected chi connectivity index (χ3v) is 5.41. The average molecular weight is 481 g/mol. The van der Waals surface area contributed by atoms with Gasteiger partial charge < -0.3 is 5.32 Å². The predicted molar refractivity (Wildman–Crippen MR) is 102 cm³/mol. The van der Waals surface area contributed by atoms with Crippen LogP contribution >= 0.6 is 38.5 Å². The number of fused-ring (bicyclic) bond motifs is 1. The van der Waals surface area contributed by atoms with Crippen molar-refractivity contribution >= 4 is 44.5 Å². The number of nitrogens with zero attached hydrogens (tertiary/aromatic N) is 3. The zero-order chi connectivity index (χ0) is 15.8. The van der Waals surface area contributed by atoms with Gasteiger partial charge in [0.15, 0.2) is 0 Å². The van der Waals surface area contributed by atoms with Crippen LogP contribution in [0, 0.1) is 3.57 Å². The molecule has 1 aromatic heterocycles. The molecule has 0 radical (unpaired) electrons. The maximum Gasteiger partial charge on any atom is 0.222 e. The summed E-state index contributed by atoms with van der Waals surface area (Å²) in [4.78, 5) is 4.37. The van der Waals surface area contributed by atoms with Crippen molar-refractivity contribution in [3.63, 3.8) is 0 Å². The van der Waals surface area contributed by atoms with E-state index < -0.39 is 0 Å². The fourth-order valence-corrected chi connectivity index (χ4v) is 3.62. The number of hydrogen-bond acceptors (Lipinski definition) is 3. The van der Waals surface area contributed by atoms with Gasteiger partial charge in [-0.15, -0.1) is 0 Å². The van der Waals surface area contributed by atoms with Crippen LogP contribution < -0.4 is 5.32 Å². The van der Waals surface area contributed by atoms with E-state index in [0.29, 0.717) is 0 Å². The molecule has 0 spiro atoms. The summed E-state index contributed by atoms with van der Waals surface area (Å²) in [5.74, 6) is 0.827. The van der Waals surface area contributed by atoms with Crippen LogP contribution in [0.3, 0.4) is 0 Å². The Morgan fingerprint density at radius 3 is 2.48 bits per heavy atom. The normalized spacial score (nSPS) is 19.9. The molecule has 23 heavy (non-hydrogen) atoms. The van der Waals surface area contributed by atoms with Gasteiger partial charge in [0.1, 0.15) is 6.33 Å². The monoisotopic (exact) mass is 480 g/mol. The van der Waals surface area contributed by atoms with E-state index in [1.54, 1.807) is 6.33 Å². The highest BCUT2D eigenvalue weighted by Crippen LogP contribution is 2.37. The van der Waals surface area contributed by atoms with Gasteiger partial charge in [0.2, 0.25) is 5.95 Å². The van der Waals surface area contributed by atoms with Crippen molar-refractivity contribution in [2.24, 2.45) is 0 Å². The van der Waals surface area contributed by atoms with Gasteiger partial charge >= 0.3 is 0 Å². The second-order valence-electron chi connectivity index (χ2n) is 5.58. The first kappa shape index (κ1) is 15.1. The van der Waals surface area contributed by atoms with Crippen molar-refractivity contribution in [2.75, 3.05) is 5.32 Å². The van der Waals surface area contributed by atoms with Crippen LogP contribution in [0.25, 0.3) is 0 Å². The number of halogens is 2. The lowest BCUT2D eigenvalue weighted by atomic mass is 9.93. The molecule has 4 rings (SSSR count). The Hall–Kier alpha value is -1.41. The van der Waals surface area contributed by atoms with E-state index in [-0.39, 0.29) is 12.1 Å². The number of nitrogens with one attached hydrogen (secondary N) is 1. The smallest absolute Gasteiger partial charge is 0.222 e. The molecule has 2 heterocycles. The van der Waals surface area contributed by atoms with Crippen LogP contribution in [-0.2, 0) is 0 Å². The maximum atomic E-state index is 4.41. The van der Waals surface area contributed by atoms with Gasteiger partial charge in [-0.3, -0.25) is 0 Å². The zero-order valence-corrected chi connectivity index (χ0v) is 15.9. The summed E-state index contributed by atoms with van der Waals surface area (Å²) in [7, 11) is 0. The fraction of sp³-hybridized carbons (Fsp3) is 0.176. The topological polar surface area (TPSA) is 42.7 Å². The van der Waals surface area contributed by atoms with Crippen LogP contribution in [0.4, 0.5) is 5.95 Å². The van der Waals surface area contributed by atoms with Crippen LogP contribution in [0.5, 0.6) is 0 Å². The average Bonchev–Trinajstić information content (AvgIpc) is 3.04. The molecule has 0 fully saturated rings. The highest BCUT2D eigenvalue weighted by Gasteiger charge is 2.29. The van der Waals surface area contributed by atoms with E-state index in [4.69, 9.17) is 0 Å². The lowest BCUT2D eigenvalue weighted by molar-refractivity contribution is 0.431. The van der Waals surface area contributed by atoms with Crippen molar-refractivity contribution in [1.82, 2.24) is 14.8 Å². The minimum atomic E-state index is 0.186. The molecular formula is C17H14BrIN4.